The van der Waals surface area contributed by atoms with Crippen LogP contribution in [0, 0.1) is 0 Å². The Morgan fingerprint density at radius 3 is 2.13 bits per heavy atom. The average Bonchev–Trinajstić information content (AvgIpc) is 2.67. The molecule has 0 heterocycles. The lowest BCUT2D eigenvalue weighted by Gasteiger charge is -2.39. The van der Waals surface area contributed by atoms with Gasteiger partial charge in [0.1, 0.15) is 6.10 Å². The molecule has 1 unspecified atom stereocenters. The van der Waals surface area contributed by atoms with Crippen molar-refractivity contribution in [3.63, 3.8) is 0 Å². The highest BCUT2D eigenvalue weighted by Crippen LogP contribution is 2.38. The monoisotopic (exact) mass is 438 g/mol. The zero-order chi connectivity index (χ0) is 23.0. The van der Waals surface area contributed by atoms with Gasteiger partial charge in [-0.25, -0.2) is 0 Å². The second-order valence-electron chi connectivity index (χ2n) is 9.51. The molecule has 1 atom stereocenters. The van der Waals surface area contributed by atoms with E-state index >= 15 is 0 Å². The number of hydrogen-bond acceptors (Lipinski definition) is 4. The molecule has 0 aromatic heterocycles. The van der Waals surface area contributed by atoms with Crippen molar-refractivity contribution in [2.75, 3.05) is 7.11 Å². The van der Waals surface area contributed by atoms with Crippen LogP contribution in [-0.4, -0.2) is 33.3 Å². The molecule has 174 valence electrons. The van der Waals surface area contributed by atoms with Gasteiger partial charge in [-0.2, -0.15) is 0 Å². The lowest BCUT2D eigenvalue weighted by atomic mass is 10.0. The number of esters is 1. The fourth-order valence-electron chi connectivity index (χ4n) is 2.82. The summed E-state index contributed by atoms with van der Waals surface area (Å²) in [5.74, 6) is 0.0582. The third kappa shape index (κ3) is 13.2. The molecule has 5 heteroatoms. The first-order valence-electron chi connectivity index (χ1n) is 11.6. The molecule has 0 fully saturated rings. The number of Topliss-reactive ketones (excluding diaryl/α,β-unsaturated/α-hetero) is 1. The zero-order valence-electron chi connectivity index (χ0n) is 20.6. The molecule has 0 spiro atoms. The lowest BCUT2D eigenvalue weighted by molar-refractivity contribution is -0.140. The van der Waals surface area contributed by atoms with Gasteiger partial charge in [-0.1, -0.05) is 77.7 Å². The maximum atomic E-state index is 12.9. The average molecular weight is 439 g/mol. The van der Waals surface area contributed by atoms with Crippen LogP contribution in [0.2, 0.25) is 18.1 Å². The van der Waals surface area contributed by atoms with Gasteiger partial charge in [-0.05, 0) is 43.8 Å². The number of unbranched alkanes of at least 4 members (excludes halogenated alkanes) is 4. The molecule has 0 N–H and O–H groups in total. The highest BCUT2D eigenvalue weighted by molar-refractivity contribution is 6.74. The van der Waals surface area contributed by atoms with E-state index in [9.17, 15) is 9.59 Å². The van der Waals surface area contributed by atoms with Crippen molar-refractivity contribution in [1.29, 1.82) is 0 Å². The number of methoxy groups -OCH3 is 1. The first kappa shape index (κ1) is 28.8. The van der Waals surface area contributed by atoms with Crippen LogP contribution in [0.15, 0.2) is 24.3 Å². The Labute approximate surface area is 186 Å². The second kappa shape index (κ2) is 15.6. The lowest BCUT2D eigenvalue weighted by Crippen LogP contribution is -2.46. The van der Waals surface area contributed by atoms with E-state index in [0.717, 1.165) is 51.4 Å². The van der Waals surface area contributed by atoms with Gasteiger partial charge in [0.05, 0.1) is 7.11 Å². The molecule has 0 aromatic carbocycles. The minimum atomic E-state index is -2.00. The number of ketones is 1. The molecule has 0 radical (unpaired) electrons. The smallest absolute Gasteiger partial charge is 0.305 e. The predicted molar refractivity (Wildman–Crippen MR) is 129 cm³/mol. The molecule has 0 aliphatic heterocycles. The van der Waals surface area contributed by atoms with Crippen LogP contribution >= 0.6 is 0 Å². The van der Waals surface area contributed by atoms with Gasteiger partial charge < -0.3 is 9.16 Å². The Morgan fingerprint density at radius 1 is 0.933 bits per heavy atom. The molecule has 0 saturated heterocycles. The molecule has 0 aliphatic rings. The SMILES string of the molecule is CCC=CCC=CCC(=O)C(CCCCCCCC(=O)OC)O[Si](C)(C)C(C)(C)C. The second-order valence-corrected chi connectivity index (χ2v) is 14.3. The van der Waals surface area contributed by atoms with Crippen molar-refractivity contribution < 1.29 is 18.8 Å². The summed E-state index contributed by atoms with van der Waals surface area (Å²) in [6.07, 6.45) is 16.6. The molecule has 30 heavy (non-hydrogen) atoms. The molecule has 0 rings (SSSR count). The molecule has 0 amide bonds. The summed E-state index contributed by atoms with van der Waals surface area (Å²) in [5, 5.41) is 0.0835. The maximum absolute atomic E-state index is 12.9. The van der Waals surface area contributed by atoms with E-state index in [-0.39, 0.29) is 22.9 Å². The quantitative estimate of drug-likeness (QED) is 0.111. The molecule has 0 aromatic rings. The topological polar surface area (TPSA) is 52.6 Å². The third-order valence-corrected chi connectivity index (χ3v) is 10.3. The Hall–Kier alpha value is -1.20. The maximum Gasteiger partial charge on any atom is 0.305 e. The molecule has 0 saturated carbocycles. The van der Waals surface area contributed by atoms with Crippen molar-refractivity contribution in [2.45, 2.75) is 116 Å². The van der Waals surface area contributed by atoms with Crippen LogP contribution in [0.25, 0.3) is 0 Å². The minimum Gasteiger partial charge on any atom is -0.469 e. The number of rotatable bonds is 16. The van der Waals surface area contributed by atoms with E-state index in [2.05, 4.69) is 63.8 Å². The van der Waals surface area contributed by atoms with Gasteiger partial charge in [0.2, 0.25) is 0 Å². The van der Waals surface area contributed by atoms with Crippen molar-refractivity contribution >= 4 is 20.1 Å². The standard InChI is InChI=1S/C25H46O4Si/c1-8-9-10-11-13-16-19-22(26)23(29-30(6,7)25(2,3)4)20-17-14-12-15-18-21-24(27)28-5/h9-10,13,16,23H,8,11-12,14-15,17-21H2,1-7H3. The van der Waals surface area contributed by atoms with Crippen molar-refractivity contribution in [2.24, 2.45) is 0 Å². The summed E-state index contributed by atoms with van der Waals surface area (Å²) in [5.41, 5.74) is 0. The molecular formula is C25H46O4Si. The van der Waals surface area contributed by atoms with Gasteiger partial charge in [0.25, 0.3) is 0 Å². The van der Waals surface area contributed by atoms with Crippen LogP contribution < -0.4 is 0 Å². The van der Waals surface area contributed by atoms with Crippen molar-refractivity contribution in [3.05, 3.63) is 24.3 Å². The van der Waals surface area contributed by atoms with Crippen LogP contribution in [0.3, 0.4) is 0 Å². The van der Waals surface area contributed by atoms with E-state index in [1.54, 1.807) is 0 Å². The zero-order valence-corrected chi connectivity index (χ0v) is 21.6. The van der Waals surface area contributed by atoms with Crippen LogP contribution in [0.4, 0.5) is 0 Å². The third-order valence-electron chi connectivity index (χ3n) is 5.84. The van der Waals surface area contributed by atoms with Crippen molar-refractivity contribution in [3.8, 4) is 0 Å². The van der Waals surface area contributed by atoms with Gasteiger partial charge in [0.15, 0.2) is 14.1 Å². The fraction of sp³-hybridized carbons (Fsp3) is 0.760. The summed E-state index contributed by atoms with van der Waals surface area (Å²) in [4.78, 5) is 24.0. The van der Waals surface area contributed by atoms with Gasteiger partial charge >= 0.3 is 5.97 Å². The van der Waals surface area contributed by atoms with Crippen LogP contribution in [0.1, 0.15) is 91.9 Å². The first-order valence-corrected chi connectivity index (χ1v) is 14.5. The predicted octanol–water partition coefficient (Wildman–Crippen LogP) is 7.15. The van der Waals surface area contributed by atoms with Crippen molar-refractivity contribution in [1.82, 2.24) is 0 Å². The largest absolute Gasteiger partial charge is 0.469 e. The summed E-state index contributed by atoms with van der Waals surface area (Å²) in [6.45, 7) is 13.2. The Morgan fingerprint density at radius 2 is 1.53 bits per heavy atom. The van der Waals surface area contributed by atoms with Gasteiger partial charge in [0, 0.05) is 12.8 Å². The summed E-state index contributed by atoms with van der Waals surface area (Å²) in [7, 11) is -0.572. The minimum absolute atomic E-state index is 0.0835. The highest BCUT2D eigenvalue weighted by atomic mass is 28.4. The molecule has 0 aliphatic carbocycles. The number of allylic oxidation sites excluding steroid dienone is 4. The Balaban J connectivity index is 4.63. The normalized spacial score (nSPS) is 13.8. The van der Waals surface area contributed by atoms with E-state index in [1.165, 1.54) is 7.11 Å². The fourth-order valence-corrected chi connectivity index (χ4v) is 4.13. The van der Waals surface area contributed by atoms with Crippen LogP contribution in [0.5, 0.6) is 0 Å². The van der Waals surface area contributed by atoms with Crippen LogP contribution in [-0.2, 0) is 18.8 Å². The van der Waals surface area contributed by atoms with E-state index < -0.39 is 8.32 Å². The van der Waals surface area contributed by atoms with Gasteiger partial charge in [-0.3, -0.25) is 9.59 Å². The number of hydrogen-bond donors (Lipinski definition) is 0. The Kier molecular flexibility index (Phi) is 15.0. The number of ether oxygens (including phenoxy) is 1. The highest BCUT2D eigenvalue weighted by Gasteiger charge is 2.40. The van der Waals surface area contributed by atoms with E-state index in [4.69, 9.17) is 4.43 Å². The van der Waals surface area contributed by atoms with E-state index in [1.807, 2.05) is 6.08 Å². The van der Waals surface area contributed by atoms with Gasteiger partial charge in [-0.15, -0.1) is 0 Å². The molecule has 4 nitrogen and oxygen atoms in total. The summed E-state index contributed by atoms with van der Waals surface area (Å²) >= 11 is 0. The summed E-state index contributed by atoms with van der Waals surface area (Å²) in [6, 6.07) is 0. The van der Waals surface area contributed by atoms with E-state index in [0.29, 0.717) is 12.8 Å². The molecular weight excluding hydrogens is 392 g/mol. The summed E-state index contributed by atoms with van der Waals surface area (Å²) < 4.78 is 11.2. The molecule has 0 bridgehead atoms. The number of carbonyl (C=O) groups excluding carboxylic acids is 2. The number of carbonyl (C=O) groups is 2. The Bertz CT molecular complexity index is 544. The first-order chi connectivity index (χ1) is 14.0.